The number of nitrogens with two attached hydrogens (primary N) is 1. The van der Waals surface area contributed by atoms with Crippen LogP contribution in [0.25, 0.3) is 6.08 Å². The van der Waals surface area contributed by atoms with Gasteiger partial charge in [-0.15, -0.1) is 0 Å². The second kappa shape index (κ2) is 6.25. The summed E-state index contributed by atoms with van der Waals surface area (Å²) in [5.74, 6) is -0.322. The molecule has 0 aliphatic rings. The van der Waals surface area contributed by atoms with Gasteiger partial charge in [0.25, 0.3) is 0 Å². The summed E-state index contributed by atoms with van der Waals surface area (Å²) in [6.45, 7) is 0. The summed E-state index contributed by atoms with van der Waals surface area (Å²) in [7, 11) is 0. The summed E-state index contributed by atoms with van der Waals surface area (Å²) in [6.07, 6.45) is 3.07. The van der Waals surface area contributed by atoms with Crippen LogP contribution < -0.4 is 11.1 Å². The molecule has 0 fully saturated rings. The van der Waals surface area contributed by atoms with Gasteiger partial charge in [-0.05, 0) is 51.8 Å². The topological polar surface area (TPSA) is 75.4 Å². The first-order valence-electron chi connectivity index (χ1n) is 5.88. The molecule has 2 rings (SSSR count). The quantitative estimate of drug-likeness (QED) is 0.458. The number of halogens is 1. The van der Waals surface area contributed by atoms with Gasteiger partial charge in [0, 0.05) is 11.8 Å². The third-order valence-electron chi connectivity index (χ3n) is 2.61. The van der Waals surface area contributed by atoms with Gasteiger partial charge in [-0.2, -0.15) is 0 Å². The molecular weight excluding hydrogens is 320 g/mol. The van der Waals surface area contributed by atoms with Gasteiger partial charge in [-0.1, -0.05) is 18.2 Å². The van der Waals surface area contributed by atoms with Crippen LogP contribution >= 0.6 is 15.9 Å². The third-order valence-corrected chi connectivity index (χ3v) is 3.25. The summed E-state index contributed by atoms with van der Waals surface area (Å²) in [5, 5.41) is 12.4. The van der Waals surface area contributed by atoms with E-state index in [1.54, 1.807) is 36.4 Å². The molecule has 0 bridgehead atoms. The van der Waals surface area contributed by atoms with Gasteiger partial charge < -0.3 is 16.2 Å². The van der Waals surface area contributed by atoms with E-state index in [9.17, 15) is 9.90 Å². The Hall–Kier alpha value is -2.27. The molecule has 2 aromatic carbocycles. The largest absolute Gasteiger partial charge is 0.505 e. The predicted molar refractivity (Wildman–Crippen MR) is 84.3 cm³/mol. The maximum Gasteiger partial charge on any atom is 0.248 e. The number of hydrogen-bond donors (Lipinski definition) is 3. The molecule has 5 heteroatoms. The Bertz CT molecular complexity index is 651. The number of amides is 1. The Morgan fingerprint density at radius 1 is 1.20 bits per heavy atom. The van der Waals surface area contributed by atoms with Gasteiger partial charge in [0.05, 0.1) is 10.2 Å². The molecule has 1 amide bonds. The number of aromatic hydroxyl groups is 1. The zero-order valence-corrected chi connectivity index (χ0v) is 12.1. The maximum atomic E-state index is 11.8. The van der Waals surface area contributed by atoms with Crippen molar-refractivity contribution in [3.63, 3.8) is 0 Å². The Kier molecular flexibility index (Phi) is 4.42. The summed E-state index contributed by atoms with van der Waals surface area (Å²) < 4.78 is 0.526. The summed E-state index contributed by atoms with van der Waals surface area (Å²) >= 11 is 3.19. The molecule has 0 aliphatic heterocycles. The minimum atomic E-state index is -0.324. The van der Waals surface area contributed by atoms with E-state index >= 15 is 0 Å². The van der Waals surface area contributed by atoms with E-state index in [0.717, 1.165) is 5.56 Å². The van der Waals surface area contributed by atoms with Crippen LogP contribution in [0, 0.1) is 0 Å². The highest BCUT2D eigenvalue weighted by molar-refractivity contribution is 9.10. The first kappa shape index (κ1) is 14.1. The van der Waals surface area contributed by atoms with Crippen LogP contribution in [-0.4, -0.2) is 11.0 Å². The van der Waals surface area contributed by atoms with Crippen molar-refractivity contribution in [3.8, 4) is 5.75 Å². The van der Waals surface area contributed by atoms with Crippen LogP contribution in [0.15, 0.2) is 53.0 Å². The van der Waals surface area contributed by atoms with Crippen molar-refractivity contribution < 1.29 is 9.90 Å². The average Bonchev–Trinajstić information content (AvgIpc) is 2.43. The Morgan fingerprint density at radius 3 is 2.60 bits per heavy atom. The van der Waals surface area contributed by atoms with Gasteiger partial charge in [0.1, 0.15) is 0 Å². The molecular formula is C15H13BrN2O2. The van der Waals surface area contributed by atoms with E-state index in [2.05, 4.69) is 21.2 Å². The van der Waals surface area contributed by atoms with E-state index in [4.69, 9.17) is 5.73 Å². The van der Waals surface area contributed by atoms with Crippen molar-refractivity contribution in [1.82, 2.24) is 0 Å². The van der Waals surface area contributed by atoms with Gasteiger partial charge in [0.2, 0.25) is 5.91 Å². The lowest BCUT2D eigenvalue weighted by atomic mass is 10.2. The molecule has 0 atom stereocenters. The van der Waals surface area contributed by atoms with Crippen molar-refractivity contribution in [1.29, 1.82) is 0 Å². The van der Waals surface area contributed by atoms with E-state index in [0.29, 0.717) is 15.8 Å². The van der Waals surface area contributed by atoms with E-state index < -0.39 is 0 Å². The van der Waals surface area contributed by atoms with E-state index in [-0.39, 0.29) is 11.7 Å². The number of carbonyl (C=O) groups is 1. The number of nitrogen functional groups attached to an aromatic ring is 1. The summed E-state index contributed by atoms with van der Waals surface area (Å²) in [5.41, 5.74) is 7.47. The number of nitrogens with one attached hydrogen (secondary N) is 1. The predicted octanol–water partition coefficient (Wildman–Crippen LogP) is 3.39. The number of rotatable bonds is 3. The highest BCUT2D eigenvalue weighted by Crippen LogP contribution is 2.31. The number of hydrogen-bond acceptors (Lipinski definition) is 3. The van der Waals surface area contributed by atoms with Crippen LogP contribution in [0.2, 0.25) is 0 Å². The zero-order chi connectivity index (χ0) is 14.5. The lowest BCUT2D eigenvalue weighted by Crippen LogP contribution is -2.07. The molecule has 4 N–H and O–H groups in total. The molecule has 0 saturated heterocycles. The SMILES string of the molecule is Nc1ccc(/C=C/C(=O)Nc2cccc(Br)c2O)cc1. The molecule has 0 unspecified atom stereocenters. The smallest absolute Gasteiger partial charge is 0.248 e. The molecule has 0 radical (unpaired) electrons. The van der Waals surface area contributed by atoms with Crippen LogP contribution in [0.4, 0.5) is 11.4 Å². The fourth-order valence-corrected chi connectivity index (χ4v) is 1.94. The molecule has 0 heterocycles. The van der Waals surface area contributed by atoms with Gasteiger partial charge in [0.15, 0.2) is 5.75 Å². The van der Waals surface area contributed by atoms with Crippen molar-refractivity contribution in [2.24, 2.45) is 0 Å². The normalized spacial score (nSPS) is 10.7. The Labute approximate surface area is 125 Å². The molecule has 0 spiro atoms. The molecule has 20 heavy (non-hydrogen) atoms. The number of para-hydroxylation sites is 1. The van der Waals surface area contributed by atoms with Crippen LogP contribution in [0.5, 0.6) is 5.75 Å². The number of phenolic OH excluding ortho intramolecular Hbond substituents is 1. The highest BCUT2D eigenvalue weighted by atomic mass is 79.9. The van der Waals surface area contributed by atoms with Gasteiger partial charge in [-0.3, -0.25) is 4.79 Å². The van der Waals surface area contributed by atoms with Crippen molar-refractivity contribution in [2.75, 3.05) is 11.1 Å². The minimum absolute atomic E-state index is 0.00161. The fourth-order valence-electron chi connectivity index (χ4n) is 1.57. The van der Waals surface area contributed by atoms with Crippen molar-refractivity contribution in [3.05, 3.63) is 58.6 Å². The first-order valence-corrected chi connectivity index (χ1v) is 6.67. The number of carbonyl (C=O) groups excluding carboxylic acids is 1. The second-order valence-electron chi connectivity index (χ2n) is 4.13. The van der Waals surface area contributed by atoms with Crippen LogP contribution in [0.3, 0.4) is 0 Å². The van der Waals surface area contributed by atoms with Gasteiger partial charge >= 0.3 is 0 Å². The molecule has 0 aliphatic carbocycles. The number of phenols is 1. The Morgan fingerprint density at radius 2 is 1.90 bits per heavy atom. The lowest BCUT2D eigenvalue weighted by Gasteiger charge is -2.06. The first-order chi connectivity index (χ1) is 9.56. The standard InChI is InChI=1S/C15H13BrN2O2/c16-12-2-1-3-13(15(12)20)18-14(19)9-6-10-4-7-11(17)8-5-10/h1-9,20H,17H2,(H,18,19)/b9-6+. The molecule has 0 saturated carbocycles. The van der Waals surface area contributed by atoms with Crippen LogP contribution in [-0.2, 0) is 4.79 Å². The molecule has 4 nitrogen and oxygen atoms in total. The van der Waals surface area contributed by atoms with Crippen molar-refractivity contribution >= 4 is 39.3 Å². The Balaban J connectivity index is 2.05. The van der Waals surface area contributed by atoms with Crippen molar-refractivity contribution in [2.45, 2.75) is 0 Å². The minimum Gasteiger partial charge on any atom is -0.505 e. The third kappa shape index (κ3) is 3.61. The molecule has 102 valence electrons. The monoisotopic (exact) mass is 332 g/mol. The summed E-state index contributed by atoms with van der Waals surface area (Å²) in [4.78, 5) is 11.8. The zero-order valence-electron chi connectivity index (χ0n) is 10.5. The number of benzene rings is 2. The van der Waals surface area contributed by atoms with E-state index in [1.807, 2.05) is 12.1 Å². The molecule has 2 aromatic rings. The maximum absolute atomic E-state index is 11.8. The fraction of sp³-hybridized carbons (Fsp3) is 0. The van der Waals surface area contributed by atoms with Crippen LogP contribution in [0.1, 0.15) is 5.56 Å². The highest BCUT2D eigenvalue weighted by Gasteiger charge is 2.06. The molecule has 0 aromatic heterocycles. The average molecular weight is 333 g/mol. The lowest BCUT2D eigenvalue weighted by molar-refractivity contribution is -0.111. The van der Waals surface area contributed by atoms with Gasteiger partial charge in [-0.25, -0.2) is 0 Å². The van der Waals surface area contributed by atoms with E-state index in [1.165, 1.54) is 6.08 Å². The summed E-state index contributed by atoms with van der Waals surface area (Å²) in [6, 6.07) is 12.2. The second-order valence-corrected chi connectivity index (χ2v) is 4.98. The number of anilines is 2.